The van der Waals surface area contributed by atoms with E-state index in [1.807, 2.05) is 19.9 Å². The lowest BCUT2D eigenvalue weighted by molar-refractivity contribution is 0.0534. The van der Waals surface area contributed by atoms with Gasteiger partial charge in [-0.3, -0.25) is 9.59 Å². The van der Waals surface area contributed by atoms with Crippen molar-refractivity contribution < 1.29 is 19.1 Å². The molecule has 1 heterocycles. The summed E-state index contributed by atoms with van der Waals surface area (Å²) in [6.45, 7) is 8.11. The molecule has 32 heavy (non-hydrogen) atoms. The molecule has 0 amide bonds. The van der Waals surface area contributed by atoms with Crippen LogP contribution in [-0.2, 0) is 4.74 Å². The summed E-state index contributed by atoms with van der Waals surface area (Å²) in [7, 11) is 0. The van der Waals surface area contributed by atoms with Crippen LogP contribution in [0.3, 0.4) is 0 Å². The van der Waals surface area contributed by atoms with Crippen molar-refractivity contribution in [3.05, 3.63) is 63.0 Å². The number of carbonyl (C=O) groups excluding carboxylic acids is 3. The SMILES string of the molecule is CC1=C(COC(=O)c2ccc(N(CCCl)CCCl)c(C)c2)C(=O)c2c([nH]c(C)c2C)C1=O. The third kappa shape index (κ3) is 4.48. The minimum atomic E-state index is -0.561. The van der Waals surface area contributed by atoms with Crippen molar-refractivity contribution in [2.45, 2.75) is 27.7 Å². The summed E-state index contributed by atoms with van der Waals surface area (Å²) < 4.78 is 5.43. The molecular formula is C24H26Cl2N2O4. The molecule has 0 saturated carbocycles. The van der Waals surface area contributed by atoms with Crippen LogP contribution >= 0.6 is 23.2 Å². The third-order valence-corrected chi connectivity index (χ3v) is 6.19. The number of H-pyrrole nitrogens is 1. The fraction of sp³-hybridized carbons (Fsp3) is 0.375. The number of benzene rings is 1. The summed E-state index contributed by atoms with van der Waals surface area (Å²) in [5, 5.41) is 0. The van der Waals surface area contributed by atoms with Gasteiger partial charge in [-0.25, -0.2) is 4.79 Å². The van der Waals surface area contributed by atoms with Crippen molar-refractivity contribution in [2.75, 3.05) is 36.4 Å². The van der Waals surface area contributed by atoms with Crippen molar-refractivity contribution in [1.29, 1.82) is 0 Å². The lowest BCUT2D eigenvalue weighted by Gasteiger charge is -2.25. The predicted octanol–water partition coefficient (Wildman–Crippen LogP) is 4.78. The molecule has 0 unspecified atom stereocenters. The standard InChI is InChI=1S/C24H26Cl2N2O4/c1-13-11-17(5-6-19(13)28(9-7-25)10-8-26)24(31)32-12-18-15(3)22(29)21-20(23(18)30)14(2)16(4)27-21/h5-6,11,27H,7-10,12H2,1-4H3. The number of hydrogen-bond donors (Lipinski definition) is 1. The van der Waals surface area contributed by atoms with E-state index in [0.717, 1.165) is 22.5 Å². The van der Waals surface area contributed by atoms with Crippen molar-refractivity contribution in [2.24, 2.45) is 0 Å². The number of rotatable bonds is 8. The number of aromatic amines is 1. The van der Waals surface area contributed by atoms with Gasteiger partial charge in [-0.05, 0) is 57.0 Å². The average Bonchev–Trinajstić information content (AvgIpc) is 3.06. The molecule has 1 N–H and O–H groups in total. The van der Waals surface area contributed by atoms with Crippen LogP contribution < -0.4 is 4.90 Å². The number of aromatic nitrogens is 1. The second kappa shape index (κ2) is 9.92. The van der Waals surface area contributed by atoms with Gasteiger partial charge in [-0.1, -0.05) is 0 Å². The van der Waals surface area contributed by atoms with Crippen LogP contribution in [0.1, 0.15) is 54.9 Å². The van der Waals surface area contributed by atoms with E-state index >= 15 is 0 Å². The van der Waals surface area contributed by atoms with Crippen LogP contribution in [0.2, 0.25) is 0 Å². The van der Waals surface area contributed by atoms with E-state index in [4.69, 9.17) is 27.9 Å². The molecule has 0 fully saturated rings. The Bertz CT molecular complexity index is 1110. The van der Waals surface area contributed by atoms with Crippen LogP contribution in [0, 0.1) is 20.8 Å². The first-order valence-corrected chi connectivity index (χ1v) is 11.4. The number of ketones is 2. The van der Waals surface area contributed by atoms with Crippen molar-refractivity contribution in [3.63, 3.8) is 0 Å². The van der Waals surface area contributed by atoms with Gasteiger partial charge in [0.25, 0.3) is 0 Å². The van der Waals surface area contributed by atoms with E-state index in [1.165, 1.54) is 0 Å². The topological polar surface area (TPSA) is 79.5 Å². The zero-order chi connectivity index (χ0) is 23.6. The summed E-state index contributed by atoms with van der Waals surface area (Å²) in [5.41, 5.74) is 4.88. The highest BCUT2D eigenvalue weighted by Crippen LogP contribution is 2.30. The molecule has 0 radical (unpaired) electrons. The highest BCUT2D eigenvalue weighted by atomic mass is 35.5. The number of aryl methyl sites for hydroxylation is 2. The molecule has 0 saturated heterocycles. The minimum absolute atomic E-state index is 0.210. The highest BCUT2D eigenvalue weighted by molar-refractivity contribution is 6.27. The van der Waals surface area contributed by atoms with Crippen LogP contribution in [-0.4, -0.2) is 54.0 Å². The second-order valence-corrected chi connectivity index (χ2v) is 8.59. The number of alkyl halides is 2. The number of carbonyl (C=O) groups is 3. The van der Waals surface area contributed by atoms with Gasteiger partial charge in [-0.2, -0.15) is 0 Å². The maximum absolute atomic E-state index is 13.0. The fourth-order valence-electron chi connectivity index (χ4n) is 3.91. The quantitative estimate of drug-likeness (QED) is 0.438. The van der Waals surface area contributed by atoms with Gasteiger partial charge in [-0.15, -0.1) is 23.2 Å². The summed E-state index contributed by atoms with van der Waals surface area (Å²) in [6, 6.07) is 5.25. The van der Waals surface area contributed by atoms with E-state index in [0.29, 0.717) is 47.2 Å². The first-order chi connectivity index (χ1) is 15.2. The maximum Gasteiger partial charge on any atom is 0.338 e. The number of esters is 1. The Morgan fingerprint density at radius 1 is 1.03 bits per heavy atom. The van der Waals surface area contributed by atoms with Gasteiger partial charge in [0.2, 0.25) is 5.78 Å². The number of hydrogen-bond acceptors (Lipinski definition) is 5. The molecule has 8 heteroatoms. The predicted molar refractivity (Wildman–Crippen MR) is 127 cm³/mol. The summed E-state index contributed by atoms with van der Waals surface area (Å²) in [5.74, 6) is -0.169. The third-order valence-electron chi connectivity index (χ3n) is 5.85. The number of halogens is 2. The van der Waals surface area contributed by atoms with Crippen LogP contribution in [0.4, 0.5) is 5.69 Å². The van der Waals surface area contributed by atoms with E-state index < -0.39 is 5.97 Å². The number of nitrogens with zero attached hydrogens (tertiary/aromatic N) is 1. The summed E-state index contributed by atoms with van der Waals surface area (Å²) >= 11 is 11.8. The summed E-state index contributed by atoms with van der Waals surface area (Å²) in [6.07, 6.45) is 0. The molecule has 0 bridgehead atoms. The van der Waals surface area contributed by atoms with Gasteiger partial charge in [0.15, 0.2) is 5.78 Å². The van der Waals surface area contributed by atoms with Gasteiger partial charge in [0.1, 0.15) is 6.61 Å². The number of ether oxygens (including phenoxy) is 1. The van der Waals surface area contributed by atoms with Crippen molar-refractivity contribution >= 4 is 46.4 Å². The molecule has 0 aliphatic heterocycles. The van der Waals surface area contributed by atoms with Crippen LogP contribution in [0.15, 0.2) is 29.3 Å². The molecule has 1 aromatic carbocycles. The first kappa shape index (κ1) is 24.1. The summed E-state index contributed by atoms with van der Waals surface area (Å²) in [4.78, 5) is 43.4. The normalized spacial score (nSPS) is 13.4. The lowest BCUT2D eigenvalue weighted by Crippen LogP contribution is -2.28. The van der Waals surface area contributed by atoms with E-state index in [9.17, 15) is 14.4 Å². The molecule has 0 atom stereocenters. The Balaban J connectivity index is 1.77. The Hall–Kier alpha value is -2.57. The lowest BCUT2D eigenvalue weighted by atomic mass is 9.87. The largest absolute Gasteiger partial charge is 0.457 e. The van der Waals surface area contributed by atoms with E-state index in [-0.39, 0.29) is 23.7 Å². The number of fused-ring (bicyclic) bond motifs is 1. The molecule has 2 aromatic rings. The Morgan fingerprint density at radius 3 is 2.28 bits per heavy atom. The van der Waals surface area contributed by atoms with Gasteiger partial charge >= 0.3 is 5.97 Å². The van der Waals surface area contributed by atoms with Crippen LogP contribution in [0.5, 0.6) is 0 Å². The molecule has 6 nitrogen and oxygen atoms in total. The minimum Gasteiger partial charge on any atom is -0.457 e. The Kier molecular flexibility index (Phi) is 7.47. The maximum atomic E-state index is 13.0. The van der Waals surface area contributed by atoms with Gasteiger partial charge in [0, 0.05) is 47.4 Å². The molecule has 3 rings (SSSR count). The van der Waals surface area contributed by atoms with Gasteiger partial charge in [0.05, 0.1) is 16.8 Å². The fourth-order valence-corrected chi connectivity index (χ4v) is 4.32. The molecule has 1 aromatic heterocycles. The van der Waals surface area contributed by atoms with Crippen LogP contribution in [0.25, 0.3) is 0 Å². The number of allylic oxidation sites excluding steroid dienone is 1. The Labute approximate surface area is 197 Å². The molecule has 170 valence electrons. The van der Waals surface area contributed by atoms with E-state index in [2.05, 4.69) is 9.88 Å². The highest BCUT2D eigenvalue weighted by Gasteiger charge is 2.34. The second-order valence-electron chi connectivity index (χ2n) is 7.83. The van der Waals surface area contributed by atoms with E-state index in [1.54, 1.807) is 26.0 Å². The first-order valence-electron chi connectivity index (χ1n) is 10.3. The number of Topliss-reactive ketones (excluding diaryl/α,β-unsaturated/α-hetero) is 2. The monoisotopic (exact) mass is 476 g/mol. The van der Waals surface area contributed by atoms with Crippen molar-refractivity contribution in [3.8, 4) is 0 Å². The van der Waals surface area contributed by atoms with Crippen molar-refractivity contribution in [1.82, 2.24) is 4.98 Å². The molecule has 0 spiro atoms. The zero-order valence-corrected chi connectivity index (χ0v) is 20.1. The average molecular weight is 477 g/mol. The Morgan fingerprint density at radius 2 is 1.69 bits per heavy atom. The number of anilines is 1. The molecule has 1 aliphatic rings. The molecular weight excluding hydrogens is 451 g/mol. The smallest absolute Gasteiger partial charge is 0.338 e. The number of nitrogens with one attached hydrogen (secondary N) is 1. The zero-order valence-electron chi connectivity index (χ0n) is 18.6. The van der Waals surface area contributed by atoms with Gasteiger partial charge < -0.3 is 14.6 Å². The molecule has 1 aliphatic carbocycles.